The molecule has 0 aliphatic rings. The summed E-state index contributed by atoms with van der Waals surface area (Å²) < 4.78 is 0. The summed E-state index contributed by atoms with van der Waals surface area (Å²) in [6, 6.07) is 5.35. The topological polar surface area (TPSA) is 95.8 Å². The molecular weight excluding hydrogens is 252 g/mol. The molecule has 0 atom stereocenters. The van der Waals surface area contributed by atoms with E-state index in [2.05, 4.69) is 5.16 Å². The van der Waals surface area contributed by atoms with E-state index in [4.69, 9.17) is 5.21 Å². The third-order valence-electron chi connectivity index (χ3n) is 1.47. The fraction of sp³-hybridized carbons (Fsp3) is 0. The summed E-state index contributed by atoms with van der Waals surface area (Å²) in [6.07, 6.45) is 0. The van der Waals surface area contributed by atoms with Crippen molar-refractivity contribution in [3.63, 3.8) is 0 Å². The van der Waals surface area contributed by atoms with Crippen LogP contribution in [0, 0.1) is 0 Å². The summed E-state index contributed by atoms with van der Waals surface area (Å²) in [5.74, 6) is -2.48. The van der Waals surface area contributed by atoms with Gasteiger partial charge in [-0.15, -0.1) is 5.16 Å². The van der Waals surface area contributed by atoms with Gasteiger partial charge in [0.15, 0.2) is 0 Å². The van der Waals surface area contributed by atoms with Gasteiger partial charge in [0.25, 0.3) is 0 Å². The molecule has 68 valence electrons. The van der Waals surface area contributed by atoms with Crippen LogP contribution in [0.1, 0.15) is 15.9 Å². The number of nitrogens with zero attached hydrogens (tertiary/aromatic N) is 1. The number of benzene rings is 1. The third-order valence-corrected chi connectivity index (χ3v) is 1.47. The molecule has 0 spiro atoms. The molecule has 0 radical (unpaired) electrons. The largest absolute Gasteiger partial charge is 1.00 e. The second kappa shape index (κ2) is 9.28. The van der Waals surface area contributed by atoms with E-state index < -0.39 is 11.9 Å². The Hall–Kier alpha value is 1.23. The molecule has 0 heterocycles. The summed E-state index contributed by atoms with van der Waals surface area (Å²) in [6.45, 7) is 0. The molecule has 1 aromatic carbocycles. The summed E-state index contributed by atoms with van der Waals surface area (Å²) in [7, 11) is 0. The molecule has 0 aromatic heterocycles. The van der Waals surface area contributed by atoms with Gasteiger partial charge in [-0.3, -0.25) is 0 Å². The van der Waals surface area contributed by atoms with Crippen molar-refractivity contribution in [3.8, 4) is 0 Å². The number of carboxylic acid groups (broad SMARTS) is 1. The molecule has 0 bridgehead atoms. The van der Waals surface area contributed by atoms with Crippen molar-refractivity contribution in [1.29, 1.82) is 0 Å². The average Bonchev–Trinajstić information content (AvgIpc) is 2.16. The molecule has 1 N–H and O–H groups in total. The number of carboxylic acids is 1. The molecule has 0 unspecified atom stereocenters. The van der Waals surface area contributed by atoms with Crippen molar-refractivity contribution in [3.05, 3.63) is 35.4 Å². The van der Waals surface area contributed by atoms with E-state index in [1.165, 1.54) is 24.3 Å². The molecule has 0 aliphatic carbocycles. The molecule has 0 amide bonds. The average molecular weight is 257 g/mol. The van der Waals surface area contributed by atoms with Gasteiger partial charge in [-0.05, 0) is 5.56 Å². The smallest absolute Gasteiger partial charge is 0.856 e. The molecule has 0 fully saturated rings. The molecule has 7 heteroatoms. The van der Waals surface area contributed by atoms with Gasteiger partial charge in [-0.25, -0.2) is 0 Å². The van der Waals surface area contributed by atoms with E-state index in [9.17, 15) is 15.0 Å². The Balaban J connectivity index is 0. The molecule has 0 aliphatic heterocycles. The number of carbonyl (C=O) groups is 1. The fourth-order valence-corrected chi connectivity index (χ4v) is 0.901. The maximum atomic E-state index is 10.8. The first kappa shape index (κ1) is 18.6. The van der Waals surface area contributed by atoms with Gasteiger partial charge >= 0.3 is 103 Å². The van der Waals surface area contributed by atoms with E-state index >= 15 is 0 Å². The van der Waals surface area contributed by atoms with Crippen LogP contribution in [0.15, 0.2) is 29.4 Å². The Labute approximate surface area is 171 Å². The summed E-state index contributed by atoms with van der Waals surface area (Å²) in [5.41, 5.74) is -0.477. The SMILES string of the molecule is O=C([O-])c1ccccc1/C([O-])=N/O.[K+].[K+]. The third kappa shape index (κ3) is 5.40. The van der Waals surface area contributed by atoms with Crippen LogP contribution in [-0.2, 0) is 0 Å². The number of rotatable bonds is 2. The zero-order chi connectivity index (χ0) is 9.84. The van der Waals surface area contributed by atoms with Gasteiger partial charge in [0, 0.05) is 11.5 Å². The fourth-order valence-electron chi connectivity index (χ4n) is 0.901. The van der Waals surface area contributed by atoms with Crippen molar-refractivity contribution in [2.45, 2.75) is 0 Å². The maximum absolute atomic E-state index is 10.8. The second-order valence-electron chi connectivity index (χ2n) is 2.24. The van der Waals surface area contributed by atoms with Crippen LogP contribution in [-0.4, -0.2) is 17.1 Å². The Morgan fingerprint density at radius 1 is 1.13 bits per heavy atom. The van der Waals surface area contributed by atoms with Gasteiger partial charge in [0.1, 0.15) is 0 Å². The van der Waals surface area contributed by atoms with Gasteiger partial charge in [-0.2, -0.15) is 0 Å². The molecule has 1 rings (SSSR count). The summed E-state index contributed by atoms with van der Waals surface area (Å²) >= 11 is 0. The summed E-state index contributed by atoms with van der Waals surface area (Å²) in [4.78, 5) is 10.5. The minimum atomic E-state index is -1.48. The number of aromatic carboxylic acids is 1. The first-order chi connectivity index (χ1) is 6.16. The second-order valence-corrected chi connectivity index (χ2v) is 2.24. The number of hydrogen-bond acceptors (Lipinski definition) is 5. The van der Waals surface area contributed by atoms with Crippen LogP contribution in [0.2, 0.25) is 0 Å². The Morgan fingerprint density at radius 3 is 2.00 bits per heavy atom. The van der Waals surface area contributed by atoms with Crippen molar-refractivity contribution >= 4 is 11.9 Å². The van der Waals surface area contributed by atoms with Crippen molar-refractivity contribution in [2.24, 2.45) is 5.16 Å². The van der Waals surface area contributed by atoms with Gasteiger partial charge in [-0.1, -0.05) is 24.3 Å². The van der Waals surface area contributed by atoms with Crippen LogP contribution in [0.5, 0.6) is 0 Å². The molecule has 1 aromatic rings. The molecule has 5 nitrogen and oxygen atoms in total. The number of hydrogen-bond donors (Lipinski definition) is 1. The van der Waals surface area contributed by atoms with Gasteiger partial charge in [0.05, 0.1) is 5.97 Å². The minimum Gasteiger partial charge on any atom is -0.856 e. The Kier molecular flexibility index (Phi) is 11.5. The van der Waals surface area contributed by atoms with Crippen LogP contribution >= 0.6 is 0 Å². The first-order valence-corrected chi connectivity index (χ1v) is 3.36. The monoisotopic (exact) mass is 257 g/mol. The van der Waals surface area contributed by atoms with E-state index in [0.717, 1.165) is 0 Å². The standard InChI is InChI=1S/C8H7NO4.2K/c10-7(9-13)5-3-1-2-4-6(5)8(11)12;;/h1-4,13H,(H,9,10)(H,11,12);;/q;2*+1/p-2. The van der Waals surface area contributed by atoms with E-state index in [0.29, 0.717) is 0 Å². The molecule has 0 saturated heterocycles. The number of oxime groups is 1. The van der Waals surface area contributed by atoms with Crippen LogP contribution in [0.4, 0.5) is 0 Å². The van der Waals surface area contributed by atoms with E-state index in [1.54, 1.807) is 0 Å². The van der Waals surface area contributed by atoms with Crippen LogP contribution in [0.3, 0.4) is 0 Å². The van der Waals surface area contributed by atoms with E-state index in [-0.39, 0.29) is 114 Å². The van der Waals surface area contributed by atoms with Crippen molar-refractivity contribution < 1.29 is 123 Å². The Morgan fingerprint density at radius 2 is 1.60 bits per heavy atom. The predicted molar refractivity (Wildman–Crippen MR) is 39.1 cm³/mol. The van der Waals surface area contributed by atoms with Crippen LogP contribution in [0.25, 0.3) is 0 Å². The molecular formula is C8H5K2NO4. The van der Waals surface area contributed by atoms with Crippen molar-refractivity contribution in [1.82, 2.24) is 0 Å². The van der Waals surface area contributed by atoms with Crippen molar-refractivity contribution in [2.75, 3.05) is 0 Å². The quantitative estimate of drug-likeness (QED) is 0.187. The first-order valence-electron chi connectivity index (χ1n) is 3.36. The Bertz CT molecular complexity index is 367. The normalized spacial score (nSPS) is 9.73. The molecule has 0 saturated carbocycles. The maximum Gasteiger partial charge on any atom is 1.00 e. The van der Waals surface area contributed by atoms with Crippen LogP contribution < -0.4 is 113 Å². The predicted octanol–water partition coefficient (Wildman–Crippen LogP) is -7.45. The minimum absolute atomic E-state index is 0. The van der Waals surface area contributed by atoms with Gasteiger partial charge in [0.2, 0.25) is 0 Å². The summed E-state index contributed by atoms with van der Waals surface area (Å²) in [5, 5.41) is 31.8. The molecule has 15 heavy (non-hydrogen) atoms. The number of carbonyl (C=O) groups excluding carboxylic acids is 1. The van der Waals surface area contributed by atoms with E-state index in [1.807, 2.05) is 0 Å². The zero-order valence-electron chi connectivity index (χ0n) is 8.43. The zero-order valence-corrected chi connectivity index (χ0v) is 14.7. The van der Waals surface area contributed by atoms with Gasteiger partial charge < -0.3 is 20.2 Å².